The van der Waals surface area contributed by atoms with Gasteiger partial charge in [-0.1, -0.05) is 29.8 Å². The van der Waals surface area contributed by atoms with Gasteiger partial charge < -0.3 is 4.90 Å². The van der Waals surface area contributed by atoms with Crippen LogP contribution in [0.1, 0.15) is 54.6 Å². The van der Waals surface area contributed by atoms with Gasteiger partial charge >= 0.3 is 0 Å². The monoisotopic (exact) mass is 349 g/mol. The summed E-state index contributed by atoms with van der Waals surface area (Å²) < 4.78 is 0. The number of hydrogen-bond donors (Lipinski definition) is 1. The Bertz CT molecular complexity index is 800. The Kier molecular flexibility index (Phi) is 3.53. The minimum Gasteiger partial charge on any atom is -0.335 e. The van der Waals surface area contributed by atoms with E-state index in [1.54, 1.807) is 0 Å². The number of H-pyrrole nitrogens is 1. The van der Waals surface area contributed by atoms with E-state index in [0.717, 1.165) is 29.0 Å². The SMILES string of the molecule is Cc1ccc(-c2cc(C(=O)N(C)C34CC5CC(CC(C5)C3)C4)[nH]n2)cc1. The number of aromatic amines is 1. The lowest BCUT2D eigenvalue weighted by Crippen LogP contribution is -2.60. The van der Waals surface area contributed by atoms with Gasteiger partial charge in [-0.25, -0.2) is 0 Å². The van der Waals surface area contributed by atoms with Crippen molar-refractivity contribution in [3.8, 4) is 11.3 Å². The predicted octanol–water partition coefficient (Wildman–Crippen LogP) is 4.43. The number of nitrogens with one attached hydrogen (secondary N) is 1. The molecule has 0 radical (unpaired) electrons. The predicted molar refractivity (Wildman–Crippen MR) is 102 cm³/mol. The van der Waals surface area contributed by atoms with Crippen molar-refractivity contribution < 1.29 is 4.79 Å². The Balaban J connectivity index is 1.39. The average molecular weight is 349 g/mol. The molecule has 26 heavy (non-hydrogen) atoms. The highest BCUT2D eigenvalue weighted by Crippen LogP contribution is 2.57. The lowest BCUT2D eigenvalue weighted by molar-refractivity contribution is -0.0667. The van der Waals surface area contributed by atoms with E-state index < -0.39 is 0 Å². The maximum absolute atomic E-state index is 13.2. The van der Waals surface area contributed by atoms with Crippen molar-refractivity contribution in [1.29, 1.82) is 0 Å². The molecule has 0 spiro atoms. The van der Waals surface area contributed by atoms with Gasteiger partial charge in [0.05, 0.1) is 5.69 Å². The first-order chi connectivity index (χ1) is 12.5. The maximum atomic E-state index is 13.2. The molecule has 4 heteroatoms. The quantitative estimate of drug-likeness (QED) is 0.891. The average Bonchev–Trinajstić information content (AvgIpc) is 3.10. The fourth-order valence-corrected chi connectivity index (χ4v) is 6.18. The second kappa shape index (κ2) is 5.70. The fourth-order valence-electron chi connectivity index (χ4n) is 6.18. The normalized spacial score (nSPS) is 32.0. The molecule has 1 aromatic carbocycles. The molecule has 4 fully saturated rings. The molecule has 4 nitrogen and oxygen atoms in total. The smallest absolute Gasteiger partial charge is 0.272 e. The summed E-state index contributed by atoms with van der Waals surface area (Å²) >= 11 is 0. The standard InChI is InChI=1S/C22H27N3O/c1-14-3-5-18(6-4-14)19-10-20(24-23-19)21(26)25(2)22-11-15-7-16(12-22)9-17(8-15)13-22/h3-6,10,15-17H,7-9,11-13H2,1-2H3,(H,23,24). The molecule has 136 valence electrons. The summed E-state index contributed by atoms with van der Waals surface area (Å²) in [7, 11) is 2.02. The molecule has 0 aliphatic heterocycles. The van der Waals surface area contributed by atoms with E-state index in [2.05, 4.69) is 46.3 Å². The largest absolute Gasteiger partial charge is 0.335 e. The van der Waals surface area contributed by atoms with Crippen molar-refractivity contribution in [2.75, 3.05) is 7.05 Å². The number of hydrogen-bond acceptors (Lipinski definition) is 2. The van der Waals surface area contributed by atoms with Gasteiger partial charge in [0.25, 0.3) is 5.91 Å². The molecule has 4 aliphatic rings. The Morgan fingerprint density at radius 3 is 2.23 bits per heavy atom. The second-order valence-electron chi connectivity index (χ2n) is 9.04. The maximum Gasteiger partial charge on any atom is 0.272 e. The topological polar surface area (TPSA) is 49.0 Å². The van der Waals surface area contributed by atoms with Crippen LogP contribution in [0.25, 0.3) is 11.3 Å². The summed E-state index contributed by atoms with van der Waals surface area (Å²) in [6.07, 6.45) is 7.76. The van der Waals surface area contributed by atoms with E-state index in [-0.39, 0.29) is 11.4 Å². The highest BCUT2D eigenvalue weighted by molar-refractivity contribution is 5.93. The minimum atomic E-state index is 0.0843. The van der Waals surface area contributed by atoms with Gasteiger partial charge in [0.2, 0.25) is 0 Å². The minimum absolute atomic E-state index is 0.0843. The van der Waals surface area contributed by atoms with E-state index in [4.69, 9.17) is 0 Å². The summed E-state index contributed by atoms with van der Waals surface area (Å²) in [6, 6.07) is 10.2. The lowest BCUT2D eigenvalue weighted by Gasteiger charge is -2.59. The number of amides is 1. The zero-order valence-electron chi connectivity index (χ0n) is 15.7. The van der Waals surface area contributed by atoms with Crippen LogP contribution in [0.5, 0.6) is 0 Å². The molecule has 4 bridgehead atoms. The molecule has 1 amide bonds. The number of aromatic nitrogens is 2. The molecular formula is C22H27N3O. The summed E-state index contributed by atoms with van der Waals surface area (Å²) in [5, 5.41) is 7.38. The molecule has 4 saturated carbocycles. The van der Waals surface area contributed by atoms with Gasteiger partial charge in [-0.15, -0.1) is 0 Å². The third-order valence-electron chi connectivity index (χ3n) is 7.18. The van der Waals surface area contributed by atoms with Crippen LogP contribution in [0, 0.1) is 24.7 Å². The number of benzene rings is 1. The lowest BCUT2D eigenvalue weighted by atomic mass is 9.52. The van der Waals surface area contributed by atoms with Crippen molar-refractivity contribution in [3.63, 3.8) is 0 Å². The van der Waals surface area contributed by atoms with Crippen LogP contribution >= 0.6 is 0 Å². The summed E-state index contributed by atoms with van der Waals surface area (Å²) in [5.74, 6) is 2.60. The fraction of sp³-hybridized carbons (Fsp3) is 0.545. The molecule has 1 N–H and O–H groups in total. The Labute approximate surface area is 155 Å². The van der Waals surface area contributed by atoms with Gasteiger partial charge in [-0.3, -0.25) is 9.89 Å². The second-order valence-corrected chi connectivity index (χ2v) is 9.04. The molecule has 1 heterocycles. The van der Waals surface area contributed by atoms with E-state index in [0.29, 0.717) is 5.69 Å². The molecule has 0 atom stereocenters. The zero-order valence-corrected chi connectivity index (χ0v) is 15.7. The van der Waals surface area contributed by atoms with Crippen LogP contribution in [0.2, 0.25) is 0 Å². The van der Waals surface area contributed by atoms with Gasteiger partial charge in [-0.05, 0) is 69.3 Å². The van der Waals surface area contributed by atoms with Gasteiger partial charge in [0.15, 0.2) is 0 Å². The third kappa shape index (κ3) is 2.50. The van der Waals surface area contributed by atoms with E-state index >= 15 is 0 Å². The number of rotatable bonds is 3. The van der Waals surface area contributed by atoms with Crippen molar-refractivity contribution in [1.82, 2.24) is 15.1 Å². The van der Waals surface area contributed by atoms with Crippen molar-refractivity contribution in [2.24, 2.45) is 17.8 Å². The number of nitrogens with zero attached hydrogens (tertiary/aromatic N) is 2. The van der Waals surface area contributed by atoms with Crippen LogP contribution in [0.15, 0.2) is 30.3 Å². The highest BCUT2D eigenvalue weighted by atomic mass is 16.2. The van der Waals surface area contributed by atoms with Gasteiger partial charge in [0, 0.05) is 18.2 Å². The molecule has 6 rings (SSSR count). The van der Waals surface area contributed by atoms with Crippen LogP contribution in [0.4, 0.5) is 0 Å². The van der Waals surface area contributed by atoms with E-state index in [1.165, 1.54) is 44.1 Å². The molecule has 0 unspecified atom stereocenters. The first kappa shape index (κ1) is 16.1. The Morgan fingerprint density at radius 2 is 1.65 bits per heavy atom. The Morgan fingerprint density at radius 1 is 1.08 bits per heavy atom. The summed E-state index contributed by atoms with van der Waals surface area (Å²) in [6.45, 7) is 2.07. The Hall–Kier alpha value is -2.10. The third-order valence-corrected chi connectivity index (χ3v) is 7.18. The molecule has 1 aromatic heterocycles. The number of carbonyl (C=O) groups excluding carboxylic acids is 1. The van der Waals surface area contributed by atoms with Crippen LogP contribution < -0.4 is 0 Å². The van der Waals surface area contributed by atoms with Crippen LogP contribution in [0.3, 0.4) is 0 Å². The summed E-state index contributed by atoms with van der Waals surface area (Å²) in [5.41, 5.74) is 3.80. The summed E-state index contributed by atoms with van der Waals surface area (Å²) in [4.78, 5) is 15.3. The number of aryl methyl sites for hydroxylation is 1. The highest BCUT2D eigenvalue weighted by Gasteiger charge is 2.53. The molecular weight excluding hydrogens is 322 g/mol. The van der Waals surface area contributed by atoms with Crippen LogP contribution in [-0.2, 0) is 0 Å². The van der Waals surface area contributed by atoms with Crippen molar-refractivity contribution >= 4 is 5.91 Å². The molecule has 0 saturated heterocycles. The van der Waals surface area contributed by atoms with Gasteiger partial charge in [-0.2, -0.15) is 5.10 Å². The van der Waals surface area contributed by atoms with Crippen molar-refractivity contribution in [2.45, 2.75) is 51.0 Å². The first-order valence-corrected chi connectivity index (χ1v) is 9.93. The van der Waals surface area contributed by atoms with Gasteiger partial charge in [0.1, 0.15) is 5.69 Å². The molecule has 4 aliphatic carbocycles. The molecule has 2 aromatic rings. The van der Waals surface area contributed by atoms with E-state index in [9.17, 15) is 4.79 Å². The first-order valence-electron chi connectivity index (χ1n) is 9.93. The van der Waals surface area contributed by atoms with Crippen molar-refractivity contribution in [3.05, 3.63) is 41.6 Å². The number of carbonyl (C=O) groups is 1. The van der Waals surface area contributed by atoms with Crippen LogP contribution in [-0.4, -0.2) is 33.6 Å². The zero-order chi connectivity index (χ0) is 17.9. The van der Waals surface area contributed by atoms with E-state index in [1.807, 2.05) is 13.1 Å².